The lowest BCUT2D eigenvalue weighted by molar-refractivity contribution is -0.142. The Bertz CT molecular complexity index is 939. The normalized spacial score (nSPS) is 10.4. The lowest BCUT2D eigenvalue weighted by atomic mass is 10.2. The molecule has 2 aromatic carbocycles. The lowest BCUT2D eigenvalue weighted by Crippen LogP contribution is -2.35. The van der Waals surface area contributed by atoms with Crippen LogP contribution >= 0.6 is 15.9 Å². The Balaban J connectivity index is 2.01. The van der Waals surface area contributed by atoms with Gasteiger partial charge in [-0.1, -0.05) is 15.9 Å². The zero-order valence-corrected chi connectivity index (χ0v) is 17.2. The molecule has 2 rings (SSSR count). The van der Waals surface area contributed by atoms with Crippen LogP contribution in [0, 0.1) is 17.1 Å². The van der Waals surface area contributed by atoms with Crippen molar-refractivity contribution in [3.63, 3.8) is 0 Å². The maximum absolute atomic E-state index is 13.1. The van der Waals surface area contributed by atoms with Gasteiger partial charge in [0.05, 0.1) is 19.6 Å². The number of amides is 1. The fraction of sp³-hybridized carbons (Fsp3) is 0.190. The van der Waals surface area contributed by atoms with E-state index in [4.69, 9.17) is 14.7 Å². The number of hydrogen-bond acceptors (Lipinski definition) is 5. The van der Waals surface area contributed by atoms with E-state index in [1.54, 1.807) is 18.2 Å². The maximum Gasteiger partial charge on any atom is 0.331 e. The van der Waals surface area contributed by atoms with E-state index in [-0.39, 0.29) is 13.0 Å². The number of esters is 1. The molecule has 0 fully saturated rings. The monoisotopic (exact) mass is 460 g/mol. The van der Waals surface area contributed by atoms with Gasteiger partial charge in [-0.15, -0.1) is 0 Å². The number of anilines is 1. The van der Waals surface area contributed by atoms with Gasteiger partial charge in [0.2, 0.25) is 0 Å². The predicted octanol–water partition coefficient (Wildman–Crippen LogP) is 4.10. The molecule has 0 radical (unpaired) electrons. The smallest absolute Gasteiger partial charge is 0.331 e. The van der Waals surface area contributed by atoms with E-state index in [0.29, 0.717) is 17.0 Å². The second-order valence-corrected chi connectivity index (χ2v) is 6.67. The van der Waals surface area contributed by atoms with Crippen LogP contribution in [0.3, 0.4) is 0 Å². The van der Waals surface area contributed by atoms with Crippen LogP contribution in [0.5, 0.6) is 5.75 Å². The van der Waals surface area contributed by atoms with Gasteiger partial charge >= 0.3 is 5.97 Å². The molecule has 0 unspecified atom stereocenters. The standard InChI is InChI=1S/C21H18BrFN2O4/c1-28-19-9-4-16(22)13-15(19)3-10-21(27)29-14-20(26)25(12-2-11-24)18-7-5-17(23)6-8-18/h3-10,13H,2,12,14H2,1H3/b10-3+. The van der Waals surface area contributed by atoms with Gasteiger partial charge in [-0.3, -0.25) is 4.79 Å². The van der Waals surface area contributed by atoms with Crippen molar-refractivity contribution in [2.45, 2.75) is 6.42 Å². The molecule has 29 heavy (non-hydrogen) atoms. The quantitative estimate of drug-likeness (QED) is 0.437. The number of nitriles is 1. The Morgan fingerprint density at radius 3 is 2.62 bits per heavy atom. The number of ether oxygens (including phenoxy) is 2. The molecule has 6 nitrogen and oxygen atoms in total. The Labute approximate surface area is 176 Å². The average Bonchev–Trinajstić information content (AvgIpc) is 2.72. The van der Waals surface area contributed by atoms with Gasteiger partial charge in [0.25, 0.3) is 5.91 Å². The van der Waals surface area contributed by atoms with Crippen LogP contribution in [-0.4, -0.2) is 32.1 Å². The Hall–Kier alpha value is -3.18. The minimum atomic E-state index is -0.709. The minimum Gasteiger partial charge on any atom is -0.496 e. The van der Waals surface area contributed by atoms with Crippen LogP contribution in [0.1, 0.15) is 12.0 Å². The molecule has 0 N–H and O–H groups in total. The summed E-state index contributed by atoms with van der Waals surface area (Å²) in [5, 5.41) is 8.79. The highest BCUT2D eigenvalue weighted by Crippen LogP contribution is 2.24. The van der Waals surface area contributed by atoms with Crippen molar-refractivity contribution < 1.29 is 23.5 Å². The molecular weight excluding hydrogens is 443 g/mol. The van der Waals surface area contributed by atoms with Crippen molar-refractivity contribution in [3.8, 4) is 11.8 Å². The molecule has 1 amide bonds. The highest BCUT2D eigenvalue weighted by atomic mass is 79.9. The molecule has 0 aliphatic carbocycles. The van der Waals surface area contributed by atoms with Gasteiger partial charge in [0, 0.05) is 28.3 Å². The number of nitrogens with zero attached hydrogens (tertiary/aromatic N) is 2. The topological polar surface area (TPSA) is 79.6 Å². The second kappa shape index (κ2) is 11.0. The molecule has 2 aromatic rings. The zero-order chi connectivity index (χ0) is 21.2. The first-order chi connectivity index (χ1) is 13.9. The first-order valence-electron chi connectivity index (χ1n) is 8.56. The molecule has 0 spiro atoms. The predicted molar refractivity (Wildman–Crippen MR) is 110 cm³/mol. The Kier molecular flexibility index (Phi) is 8.37. The zero-order valence-electron chi connectivity index (χ0n) is 15.6. The van der Waals surface area contributed by atoms with Crippen LogP contribution in [0.2, 0.25) is 0 Å². The van der Waals surface area contributed by atoms with Crippen molar-refractivity contribution in [2.24, 2.45) is 0 Å². The van der Waals surface area contributed by atoms with Gasteiger partial charge in [0.15, 0.2) is 6.61 Å². The van der Waals surface area contributed by atoms with E-state index in [9.17, 15) is 14.0 Å². The first kappa shape index (κ1) is 22.1. The van der Waals surface area contributed by atoms with Gasteiger partial charge in [0.1, 0.15) is 11.6 Å². The van der Waals surface area contributed by atoms with E-state index in [0.717, 1.165) is 4.47 Å². The maximum atomic E-state index is 13.1. The summed E-state index contributed by atoms with van der Waals surface area (Å²) in [6.07, 6.45) is 2.79. The second-order valence-electron chi connectivity index (χ2n) is 5.76. The number of methoxy groups -OCH3 is 1. The van der Waals surface area contributed by atoms with Gasteiger partial charge < -0.3 is 14.4 Å². The summed E-state index contributed by atoms with van der Waals surface area (Å²) in [6, 6.07) is 12.5. The molecule has 0 aliphatic heterocycles. The SMILES string of the molecule is COc1ccc(Br)cc1/C=C/C(=O)OCC(=O)N(CCC#N)c1ccc(F)cc1. The number of rotatable bonds is 8. The molecule has 0 bridgehead atoms. The van der Waals surface area contributed by atoms with Gasteiger partial charge in [-0.25, -0.2) is 9.18 Å². The number of hydrogen-bond donors (Lipinski definition) is 0. The summed E-state index contributed by atoms with van der Waals surface area (Å²) in [4.78, 5) is 25.7. The summed E-state index contributed by atoms with van der Waals surface area (Å²) in [7, 11) is 1.52. The highest BCUT2D eigenvalue weighted by molar-refractivity contribution is 9.10. The first-order valence-corrected chi connectivity index (χ1v) is 9.35. The molecule has 8 heteroatoms. The fourth-order valence-corrected chi connectivity index (χ4v) is 2.81. The average molecular weight is 461 g/mol. The third kappa shape index (κ3) is 6.73. The summed E-state index contributed by atoms with van der Waals surface area (Å²) in [5.74, 6) is -1.10. The molecular formula is C21H18BrFN2O4. The number of halogens is 2. The lowest BCUT2D eigenvalue weighted by Gasteiger charge is -2.21. The summed E-state index contributed by atoms with van der Waals surface area (Å²) in [6.45, 7) is -0.412. The molecule has 0 aromatic heterocycles. The Morgan fingerprint density at radius 2 is 1.97 bits per heavy atom. The van der Waals surface area contributed by atoms with E-state index >= 15 is 0 Å². The van der Waals surface area contributed by atoms with Crippen LogP contribution < -0.4 is 9.64 Å². The van der Waals surface area contributed by atoms with Gasteiger partial charge in [-0.2, -0.15) is 5.26 Å². The van der Waals surface area contributed by atoms with Crippen LogP contribution in [0.15, 0.2) is 53.0 Å². The molecule has 0 saturated carbocycles. The molecule has 0 aliphatic rings. The van der Waals surface area contributed by atoms with Crippen molar-refractivity contribution in [2.75, 3.05) is 25.2 Å². The molecule has 0 heterocycles. The van der Waals surface area contributed by atoms with E-state index in [2.05, 4.69) is 15.9 Å². The van der Waals surface area contributed by atoms with Crippen LogP contribution in [0.25, 0.3) is 6.08 Å². The van der Waals surface area contributed by atoms with Crippen molar-refractivity contribution >= 4 is 39.6 Å². The van der Waals surface area contributed by atoms with E-state index in [1.165, 1.54) is 48.4 Å². The summed E-state index contributed by atoms with van der Waals surface area (Å²) < 4.78 is 24.2. The van der Waals surface area contributed by atoms with Crippen LogP contribution in [0.4, 0.5) is 10.1 Å². The largest absolute Gasteiger partial charge is 0.496 e. The minimum absolute atomic E-state index is 0.0830. The van der Waals surface area contributed by atoms with Crippen LogP contribution in [-0.2, 0) is 14.3 Å². The number of benzene rings is 2. The Morgan fingerprint density at radius 1 is 1.24 bits per heavy atom. The molecule has 150 valence electrons. The third-order valence-electron chi connectivity index (χ3n) is 3.82. The molecule has 0 saturated heterocycles. The van der Waals surface area contributed by atoms with E-state index < -0.39 is 24.3 Å². The number of carbonyl (C=O) groups excluding carboxylic acids is 2. The van der Waals surface area contributed by atoms with Gasteiger partial charge in [-0.05, 0) is 48.5 Å². The third-order valence-corrected chi connectivity index (χ3v) is 4.31. The van der Waals surface area contributed by atoms with Crippen molar-refractivity contribution in [3.05, 3.63) is 64.4 Å². The highest BCUT2D eigenvalue weighted by Gasteiger charge is 2.17. The number of carbonyl (C=O) groups is 2. The van der Waals surface area contributed by atoms with E-state index in [1.807, 2.05) is 6.07 Å². The van der Waals surface area contributed by atoms with Crippen molar-refractivity contribution in [1.82, 2.24) is 0 Å². The van der Waals surface area contributed by atoms with Crippen molar-refractivity contribution in [1.29, 1.82) is 5.26 Å². The summed E-state index contributed by atoms with van der Waals surface area (Å²) >= 11 is 3.34. The summed E-state index contributed by atoms with van der Waals surface area (Å²) in [5.41, 5.74) is 1.07. The fourth-order valence-electron chi connectivity index (χ4n) is 2.43. The molecule has 0 atom stereocenters.